The van der Waals surface area contributed by atoms with Gasteiger partial charge in [-0.1, -0.05) is 0 Å². The molecule has 0 aromatic heterocycles. The van der Waals surface area contributed by atoms with Crippen molar-refractivity contribution in [2.24, 2.45) is 5.73 Å². The van der Waals surface area contributed by atoms with Gasteiger partial charge in [0.1, 0.15) is 6.04 Å². The van der Waals surface area contributed by atoms with Crippen molar-refractivity contribution in [1.29, 1.82) is 0 Å². The molecule has 0 spiro atoms. The quantitative estimate of drug-likeness (QED) is 0.668. The maximum atomic E-state index is 11.4. The molecule has 1 aliphatic rings. The van der Waals surface area contributed by atoms with Gasteiger partial charge >= 0.3 is 5.97 Å². The maximum Gasteiger partial charge on any atom is 0.349 e. The molecule has 7 heteroatoms. The molecule has 1 saturated heterocycles. The van der Waals surface area contributed by atoms with Crippen molar-refractivity contribution in [2.75, 3.05) is 12.0 Å². The number of hydrogen-bond donors (Lipinski definition) is 1. The van der Waals surface area contributed by atoms with E-state index < -0.39 is 23.8 Å². The first-order valence-corrected chi connectivity index (χ1v) is 6.27. The highest BCUT2D eigenvalue weighted by Crippen LogP contribution is 2.13. The Balaban J connectivity index is 2.44. The molecule has 6 nitrogen and oxygen atoms in total. The van der Waals surface area contributed by atoms with Crippen LogP contribution in [0, 0.1) is 0 Å². The monoisotopic (exact) mass is 246 g/mol. The van der Waals surface area contributed by atoms with Crippen molar-refractivity contribution in [3.63, 3.8) is 0 Å². The number of thioether (sulfide) groups is 1. The van der Waals surface area contributed by atoms with Crippen molar-refractivity contribution in [2.45, 2.75) is 25.3 Å². The van der Waals surface area contributed by atoms with Gasteiger partial charge < -0.3 is 10.6 Å². The highest BCUT2D eigenvalue weighted by Gasteiger charge is 2.33. The standard InChI is InChI=1S/C9H14N2O4S/c1-16-5-4-6(10)9(14)15-11-7(12)2-3-8(11)13/h6H,2-5,10H2,1H3/t6-/m0/s1. The molecular formula is C9H14N2O4S. The molecule has 0 aromatic rings. The minimum absolute atomic E-state index is 0.0894. The fourth-order valence-electron chi connectivity index (χ4n) is 1.18. The summed E-state index contributed by atoms with van der Waals surface area (Å²) in [6, 6.07) is -0.798. The zero-order valence-electron chi connectivity index (χ0n) is 8.97. The number of carbonyl (C=O) groups is 3. The molecule has 0 aromatic carbocycles. The lowest BCUT2D eigenvalue weighted by atomic mass is 10.2. The minimum atomic E-state index is -0.798. The van der Waals surface area contributed by atoms with Gasteiger partial charge in [0.15, 0.2) is 0 Å². The lowest BCUT2D eigenvalue weighted by Gasteiger charge is -2.15. The van der Waals surface area contributed by atoms with E-state index in [9.17, 15) is 14.4 Å². The van der Waals surface area contributed by atoms with Crippen LogP contribution < -0.4 is 5.73 Å². The summed E-state index contributed by atoms with van der Waals surface area (Å²) in [5, 5.41) is 0.515. The molecule has 16 heavy (non-hydrogen) atoms. The van der Waals surface area contributed by atoms with E-state index in [4.69, 9.17) is 5.73 Å². The molecule has 1 rings (SSSR count). The molecule has 2 amide bonds. The van der Waals surface area contributed by atoms with Gasteiger partial charge in [-0.15, -0.1) is 5.06 Å². The van der Waals surface area contributed by atoms with Crippen LogP contribution in [0.3, 0.4) is 0 Å². The first-order chi connectivity index (χ1) is 7.56. The number of nitrogens with two attached hydrogens (primary N) is 1. The van der Waals surface area contributed by atoms with Crippen LogP contribution in [0.4, 0.5) is 0 Å². The smallest absolute Gasteiger partial charge is 0.329 e. The molecule has 0 aliphatic carbocycles. The third-order valence-corrected chi connectivity index (χ3v) is 2.77. The molecule has 0 saturated carbocycles. The van der Waals surface area contributed by atoms with Gasteiger partial charge in [0.05, 0.1) is 0 Å². The van der Waals surface area contributed by atoms with Gasteiger partial charge in [0.25, 0.3) is 11.8 Å². The Morgan fingerprint density at radius 2 is 2.06 bits per heavy atom. The molecular weight excluding hydrogens is 232 g/mol. The van der Waals surface area contributed by atoms with Crippen molar-refractivity contribution >= 4 is 29.5 Å². The van der Waals surface area contributed by atoms with E-state index in [1.165, 1.54) is 0 Å². The number of hydroxylamine groups is 2. The Morgan fingerprint density at radius 1 is 1.50 bits per heavy atom. The van der Waals surface area contributed by atoms with E-state index in [0.29, 0.717) is 11.5 Å². The average molecular weight is 246 g/mol. The van der Waals surface area contributed by atoms with E-state index >= 15 is 0 Å². The fraction of sp³-hybridized carbons (Fsp3) is 0.667. The normalized spacial score (nSPS) is 17.8. The SMILES string of the molecule is CSCC[C@H](N)C(=O)ON1C(=O)CCC1=O. The number of hydrogen-bond acceptors (Lipinski definition) is 6. The topological polar surface area (TPSA) is 89.7 Å². The molecule has 0 radical (unpaired) electrons. The van der Waals surface area contributed by atoms with E-state index in [-0.39, 0.29) is 12.8 Å². The molecule has 1 heterocycles. The summed E-state index contributed by atoms with van der Waals surface area (Å²) in [6.45, 7) is 0. The molecule has 0 unspecified atom stereocenters. The zero-order valence-corrected chi connectivity index (χ0v) is 9.79. The van der Waals surface area contributed by atoms with Crippen LogP contribution in [-0.2, 0) is 19.2 Å². The minimum Gasteiger partial charge on any atom is -0.329 e. The van der Waals surface area contributed by atoms with Crippen LogP contribution in [0.2, 0.25) is 0 Å². The first-order valence-electron chi connectivity index (χ1n) is 4.88. The summed E-state index contributed by atoms with van der Waals surface area (Å²) in [7, 11) is 0. The summed E-state index contributed by atoms with van der Waals surface area (Å²) < 4.78 is 0. The average Bonchev–Trinajstić information content (AvgIpc) is 2.57. The Hall–Kier alpha value is -1.08. The van der Waals surface area contributed by atoms with Gasteiger partial charge in [0, 0.05) is 12.8 Å². The highest BCUT2D eigenvalue weighted by atomic mass is 32.2. The zero-order chi connectivity index (χ0) is 12.1. The fourth-order valence-corrected chi connectivity index (χ4v) is 1.67. The van der Waals surface area contributed by atoms with Crippen molar-refractivity contribution < 1.29 is 19.2 Å². The maximum absolute atomic E-state index is 11.4. The van der Waals surface area contributed by atoms with Crippen molar-refractivity contribution in [3.05, 3.63) is 0 Å². The molecule has 1 aliphatic heterocycles. The molecule has 90 valence electrons. The van der Waals surface area contributed by atoms with Crippen LogP contribution in [-0.4, -0.2) is 40.9 Å². The van der Waals surface area contributed by atoms with E-state index in [0.717, 1.165) is 5.75 Å². The summed E-state index contributed by atoms with van der Waals surface area (Å²) >= 11 is 1.56. The van der Waals surface area contributed by atoms with Gasteiger partial charge in [0.2, 0.25) is 0 Å². The van der Waals surface area contributed by atoms with Gasteiger partial charge in [-0.05, 0) is 18.4 Å². The second kappa shape index (κ2) is 5.86. The van der Waals surface area contributed by atoms with Crippen LogP contribution in [0.25, 0.3) is 0 Å². The Bertz CT molecular complexity index is 292. The van der Waals surface area contributed by atoms with Crippen LogP contribution in [0.15, 0.2) is 0 Å². The Kier molecular flexibility index (Phi) is 4.75. The molecule has 1 atom stereocenters. The predicted octanol–water partition coefficient (Wildman–Crippen LogP) is -0.326. The second-order valence-electron chi connectivity index (χ2n) is 3.38. The summed E-state index contributed by atoms with van der Waals surface area (Å²) in [5.41, 5.74) is 5.54. The predicted molar refractivity (Wildman–Crippen MR) is 58.2 cm³/mol. The van der Waals surface area contributed by atoms with Gasteiger partial charge in [-0.3, -0.25) is 9.59 Å². The lowest BCUT2D eigenvalue weighted by Crippen LogP contribution is -2.40. The number of amides is 2. The third kappa shape index (κ3) is 3.21. The van der Waals surface area contributed by atoms with Crippen molar-refractivity contribution in [3.8, 4) is 0 Å². The summed E-state index contributed by atoms with van der Waals surface area (Å²) in [5.74, 6) is -0.999. The largest absolute Gasteiger partial charge is 0.349 e. The van der Waals surface area contributed by atoms with Crippen LogP contribution in [0.5, 0.6) is 0 Å². The highest BCUT2D eigenvalue weighted by molar-refractivity contribution is 7.98. The molecule has 2 N–H and O–H groups in total. The van der Waals surface area contributed by atoms with E-state index in [1.807, 2.05) is 6.26 Å². The van der Waals surface area contributed by atoms with E-state index in [1.54, 1.807) is 11.8 Å². The molecule has 1 fully saturated rings. The van der Waals surface area contributed by atoms with E-state index in [2.05, 4.69) is 4.84 Å². The summed E-state index contributed by atoms with van der Waals surface area (Å²) in [6.07, 6.45) is 2.53. The first kappa shape index (κ1) is 13.0. The Morgan fingerprint density at radius 3 is 2.56 bits per heavy atom. The van der Waals surface area contributed by atoms with Gasteiger partial charge in [-0.2, -0.15) is 11.8 Å². The lowest BCUT2D eigenvalue weighted by molar-refractivity contribution is -0.198. The Labute approximate surface area is 97.4 Å². The van der Waals surface area contributed by atoms with Crippen LogP contribution in [0.1, 0.15) is 19.3 Å². The number of carbonyl (C=O) groups excluding carboxylic acids is 3. The third-order valence-electron chi connectivity index (χ3n) is 2.12. The van der Waals surface area contributed by atoms with Crippen molar-refractivity contribution in [1.82, 2.24) is 5.06 Å². The number of imide groups is 1. The summed E-state index contributed by atoms with van der Waals surface area (Å²) in [4.78, 5) is 38.3. The number of nitrogens with zero attached hydrogens (tertiary/aromatic N) is 1. The van der Waals surface area contributed by atoms with Crippen LogP contribution >= 0.6 is 11.8 Å². The number of rotatable bonds is 5. The molecule has 0 bridgehead atoms. The second-order valence-corrected chi connectivity index (χ2v) is 4.37. The van der Waals surface area contributed by atoms with Gasteiger partial charge in [-0.25, -0.2) is 4.79 Å².